The summed E-state index contributed by atoms with van der Waals surface area (Å²) in [4.78, 5) is 26.0. The van der Waals surface area contributed by atoms with Crippen LogP contribution in [-0.2, 0) is 9.53 Å². The standard InChI is InChI=1S/C18H25IN2O4/c1-18(2,3)25-17(23)20-14-7-5-9-21(11-14)16(22)12-24-15-8-4-6-13(19)10-15/h4,6,8,10,14H,5,7,9,11-12H2,1-3H3,(H,20,23). The number of piperidine rings is 1. The maximum absolute atomic E-state index is 12.4. The summed E-state index contributed by atoms with van der Waals surface area (Å²) in [6, 6.07) is 7.48. The van der Waals surface area contributed by atoms with Crippen molar-refractivity contribution >= 4 is 34.6 Å². The highest BCUT2D eigenvalue weighted by molar-refractivity contribution is 14.1. The van der Waals surface area contributed by atoms with Crippen LogP contribution in [0.25, 0.3) is 0 Å². The molecule has 6 nitrogen and oxygen atoms in total. The topological polar surface area (TPSA) is 67.9 Å². The average molecular weight is 460 g/mol. The van der Waals surface area contributed by atoms with Crippen molar-refractivity contribution in [2.45, 2.75) is 45.3 Å². The molecule has 2 amide bonds. The Bertz CT molecular complexity index is 615. The highest BCUT2D eigenvalue weighted by Gasteiger charge is 2.26. The first-order chi connectivity index (χ1) is 11.7. The van der Waals surface area contributed by atoms with Gasteiger partial charge in [-0.2, -0.15) is 0 Å². The fraction of sp³-hybridized carbons (Fsp3) is 0.556. The minimum absolute atomic E-state index is 0.000743. The molecule has 138 valence electrons. The van der Waals surface area contributed by atoms with Crippen molar-refractivity contribution in [1.29, 1.82) is 0 Å². The number of alkyl carbamates (subject to hydrolysis) is 1. The molecule has 1 unspecified atom stereocenters. The van der Waals surface area contributed by atoms with Gasteiger partial charge in [0.05, 0.1) is 0 Å². The molecule has 0 aliphatic carbocycles. The smallest absolute Gasteiger partial charge is 0.407 e. The van der Waals surface area contributed by atoms with E-state index in [1.165, 1.54) is 0 Å². The zero-order valence-corrected chi connectivity index (χ0v) is 17.0. The summed E-state index contributed by atoms with van der Waals surface area (Å²) in [6.07, 6.45) is 1.23. The maximum Gasteiger partial charge on any atom is 0.407 e. The molecular weight excluding hydrogens is 435 g/mol. The van der Waals surface area contributed by atoms with Gasteiger partial charge in [0.1, 0.15) is 11.4 Å². The highest BCUT2D eigenvalue weighted by Crippen LogP contribution is 2.16. The van der Waals surface area contributed by atoms with Crippen LogP contribution in [0.2, 0.25) is 0 Å². The summed E-state index contributed by atoms with van der Waals surface area (Å²) in [6.45, 7) is 6.64. The molecule has 1 saturated heterocycles. The summed E-state index contributed by atoms with van der Waals surface area (Å²) in [5, 5.41) is 2.84. The summed E-state index contributed by atoms with van der Waals surface area (Å²) in [5.74, 6) is 0.607. The molecule has 1 heterocycles. The number of rotatable bonds is 4. The Kier molecular flexibility index (Phi) is 6.92. The quantitative estimate of drug-likeness (QED) is 0.702. The normalized spacial score (nSPS) is 17.8. The SMILES string of the molecule is CC(C)(C)OC(=O)NC1CCCN(C(=O)COc2cccc(I)c2)C1. The number of nitrogens with one attached hydrogen (secondary N) is 1. The van der Waals surface area contributed by atoms with Crippen LogP contribution >= 0.6 is 22.6 Å². The molecule has 7 heteroatoms. The lowest BCUT2D eigenvalue weighted by molar-refractivity contribution is -0.134. The van der Waals surface area contributed by atoms with Crippen LogP contribution in [0, 0.1) is 3.57 Å². The Morgan fingerprint density at radius 1 is 1.36 bits per heavy atom. The fourth-order valence-electron chi connectivity index (χ4n) is 2.59. The minimum atomic E-state index is -0.532. The number of amides is 2. The van der Waals surface area contributed by atoms with E-state index >= 15 is 0 Å². The Morgan fingerprint density at radius 2 is 2.12 bits per heavy atom. The van der Waals surface area contributed by atoms with Gasteiger partial charge in [-0.25, -0.2) is 4.79 Å². The summed E-state index contributed by atoms with van der Waals surface area (Å²) in [7, 11) is 0. The van der Waals surface area contributed by atoms with Crippen molar-refractivity contribution < 1.29 is 19.1 Å². The van der Waals surface area contributed by atoms with E-state index in [-0.39, 0.29) is 18.6 Å². The van der Waals surface area contributed by atoms with E-state index in [4.69, 9.17) is 9.47 Å². The lowest BCUT2D eigenvalue weighted by Crippen LogP contribution is -2.51. The van der Waals surface area contributed by atoms with E-state index in [1.54, 1.807) is 4.90 Å². The lowest BCUT2D eigenvalue weighted by atomic mass is 10.1. The molecule has 0 spiro atoms. The van der Waals surface area contributed by atoms with E-state index < -0.39 is 11.7 Å². The molecule has 1 aliphatic heterocycles. The molecule has 0 radical (unpaired) electrons. The number of hydrogen-bond donors (Lipinski definition) is 1. The van der Waals surface area contributed by atoms with Crippen molar-refractivity contribution in [2.24, 2.45) is 0 Å². The van der Waals surface area contributed by atoms with Crippen LogP contribution in [0.5, 0.6) is 5.75 Å². The van der Waals surface area contributed by atoms with E-state index in [2.05, 4.69) is 27.9 Å². The zero-order valence-electron chi connectivity index (χ0n) is 14.9. The monoisotopic (exact) mass is 460 g/mol. The number of carbonyl (C=O) groups is 2. The van der Waals surface area contributed by atoms with E-state index in [9.17, 15) is 9.59 Å². The second kappa shape index (κ2) is 8.73. The van der Waals surface area contributed by atoms with Crippen LogP contribution in [-0.4, -0.2) is 48.2 Å². The van der Waals surface area contributed by atoms with E-state index in [1.807, 2.05) is 45.0 Å². The second-order valence-electron chi connectivity index (χ2n) is 7.07. The lowest BCUT2D eigenvalue weighted by Gasteiger charge is -2.33. The van der Waals surface area contributed by atoms with Gasteiger partial charge in [0.25, 0.3) is 5.91 Å². The van der Waals surface area contributed by atoms with Crippen molar-refractivity contribution in [2.75, 3.05) is 19.7 Å². The summed E-state index contributed by atoms with van der Waals surface area (Å²) in [5.41, 5.74) is -0.532. The number of halogens is 1. The third kappa shape index (κ3) is 7.09. The minimum Gasteiger partial charge on any atom is -0.484 e. The van der Waals surface area contributed by atoms with Crippen LogP contribution in [0.15, 0.2) is 24.3 Å². The molecule has 2 rings (SSSR count). The molecule has 1 atom stereocenters. The number of likely N-dealkylation sites (tertiary alicyclic amines) is 1. The third-order valence-corrected chi connectivity index (χ3v) is 4.32. The number of carbonyl (C=O) groups excluding carboxylic acids is 2. The Balaban J connectivity index is 1.81. The molecular formula is C18H25IN2O4. The van der Waals surface area contributed by atoms with Crippen molar-refractivity contribution in [3.8, 4) is 5.75 Å². The molecule has 1 aromatic rings. The van der Waals surface area contributed by atoms with Gasteiger partial charge >= 0.3 is 6.09 Å². The van der Waals surface area contributed by atoms with Gasteiger partial charge in [0.2, 0.25) is 0 Å². The van der Waals surface area contributed by atoms with Crippen molar-refractivity contribution in [3.63, 3.8) is 0 Å². The first-order valence-corrected chi connectivity index (χ1v) is 9.46. The molecule has 1 fully saturated rings. The highest BCUT2D eigenvalue weighted by atomic mass is 127. The summed E-state index contributed by atoms with van der Waals surface area (Å²) < 4.78 is 11.9. The van der Waals surface area contributed by atoms with Gasteiger partial charge in [0.15, 0.2) is 6.61 Å². The Labute approximate surface area is 162 Å². The van der Waals surface area contributed by atoms with Gasteiger partial charge in [0, 0.05) is 22.7 Å². The number of nitrogens with zero attached hydrogens (tertiary/aromatic N) is 1. The van der Waals surface area contributed by atoms with E-state index in [0.717, 1.165) is 16.4 Å². The second-order valence-corrected chi connectivity index (χ2v) is 8.32. The third-order valence-electron chi connectivity index (χ3n) is 3.65. The Hall–Kier alpha value is -1.51. The number of hydrogen-bond acceptors (Lipinski definition) is 4. The number of ether oxygens (including phenoxy) is 2. The Morgan fingerprint density at radius 3 is 2.80 bits per heavy atom. The molecule has 1 aromatic carbocycles. The predicted octanol–water partition coefficient (Wildman–Crippen LogP) is 3.19. The largest absolute Gasteiger partial charge is 0.484 e. The van der Waals surface area contributed by atoms with Crippen LogP contribution < -0.4 is 10.1 Å². The van der Waals surface area contributed by atoms with Crippen LogP contribution in [0.1, 0.15) is 33.6 Å². The fourth-order valence-corrected chi connectivity index (χ4v) is 3.10. The number of benzene rings is 1. The van der Waals surface area contributed by atoms with Gasteiger partial charge in [-0.1, -0.05) is 6.07 Å². The molecule has 1 aliphatic rings. The predicted molar refractivity (Wildman–Crippen MR) is 104 cm³/mol. The molecule has 0 bridgehead atoms. The first-order valence-electron chi connectivity index (χ1n) is 8.38. The molecule has 25 heavy (non-hydrogen) atoms. The molecule has 0 aromatic heterocycles. The van der Waals surface area contributed by atoms with Crippen LogP contribution in [0.4, 0.5) is 4.79 Å². The maximum atomic E-state index is 12.4. The van der Waals surface area contributed by atoms with Gasteiger partial charge in [-0.15, -0.1) is 0 Å². The zero-order chi connectivity index (χ0) is 18.4. The average Bonchev–Trinajstić information content (AvgIpc) is 2.51. The van der Waals surface area contributed by atoms with Gasteiger partial charge in [-0.3, -0.25) is 4.79 Å². The van der Waals surface area contributed by atoms with E-state index in [0.29, 0.717) is 18.8 Å². The molecule has 0 saturated carbocycles. The van der Waals surface area contributed by atoms with Gasteiger partial charge in [-0.05, 0) is 74.4 Å². The van der Waals surface area contributed by atoms with Crippen LogP contribution in [0.3, 0.4) is 0 Å². The summed E-state index contributed by atoms with van der Waals surface area (Å²) >= 11 is 2.20. The van der Waals surface area contributed by atoms with Crippen molar-refractivity contribution in [3.05, 3.63) is 27.8 Å². The van der Waals surface area contributed by atoms with Gasteiger partial charge < -0.3 is 19.7 Å². The first kappa shape index (κ1) is 19.8. The van der Waals surface area contributed by atoms with Crippen molar-refractivity contribution in [1.82, 2.24) is 10.2 Å². The molecule has 1 N–H and O–H groups in total.